The molecule has 1 amide bonds. The number of sulfonamides is 1. The van der Waals surface area contributed by atoms with Gasteiger partial charge in [0, 0.05) is 31.2 Å². The van der Waals surface area contributed by atoms with E-state index in [4.69, 9.17) is 0 Å². The van der Waals surface area contributed by atoms with Crippen molar-refractivity contribution in [2.75, 3.05) is 26.7 Å². The lowest BCUT2D eigenvalue weighted by molar-refractivity contribution is 0.0655. The third kappa shape index (κ3) is 3.94. The van der Waals surface area contributed by atoms with Crippen molar-refractivity contribution in [2.45, 2.75) is 17.9 Å². The van der Waals surface area contributed by atoms with Gasteiger partial charge in [0.25, 0.3) is 5.91 Å². The van der Waals surface area contributed by atoms with Crippen molar-refractivity contribution in [1.29, 1.82) is 0 Å². The second-order valence-corrected chi connectivity index (χ2v) is 6.67. The minimum absolute atomic E-state index is 0. The van der Waals surface area contributed by atoms with E-state index in [-0.39, 0.29) is 29.3 Å². The molecule has 0 aromatic heterocycles. The highest BCUT2D eigenvalue weighted by Crippen LogP contribution is 2.15. The van der Waals surface area contributed by atoms with Crippen molar-refractivity contribution in [3.63, 3.8) is 0 Å². The predicted molar refractivity (Wildman–Crippen MR) is 83.3 cm³/mol. The molecule has 0 spiro atoms. The Balaban J connectivity index is 0.00000220. The first kappa shape index (κ1) is 17.9. The van der Waals surface area contributed by atoms with Crippen LogP contribution in [0.15, 0.2) is 29.2 Å². The number of piperazine rings is 1. The molecule has 0 aliphatic carbocycles. The molecule has 1 heterocycles. The Bertz CT molecular complexity index is 606. The highest BCUT2D eigenvalue weighted by molar-refractivity contribution is 7.89. The Morgan fingerprint density at radius 1 is 1.43 bits per heavy atom. The fourth-order valence-corrected chi connectivity index (χ4v) is 3.00. The Morgan fingerprint density at radius 3 is 2.76 bits per heavy atom. The topological polar surface area (TPSA) is 78.5 Å². The number of halogens is 1. The average molecular weight is 334 g/mol. The van der Waals surface area contributed by atoms with Gasteiger partial charge in [-0.25, -0.2) is 13.1 Å². The average Bonchev–Trinajstić information content (AvgIpc) is 2.47. The molecule has 0 saturated carbocycles. The van der Waals surface area contributed by atoms with Gasteiger partial charge < -0.3 is 10.2 Å². The van der Waals surface area contributed by atoms with Gasteiger partial charge >= 0.3 is 0 Å². The molecule has 1 saturated heterocycles. The van der Waals surface area contributed by atoms with E-state index in [2.05, 4.69) is 10.0 Å². The van der Waals surface area contributed by atoms with Crippen LogP contribution in [0, 0.1) is 0 Å². The van der Waals surface area contributed by atoms with Crippen molar-refractivity contribution in [3.8, 4) is 0 Å². The van der Waals surface area contributed by atoms with Gasteiger partial charge in [0.1, 0.15) is 0 Å². The minimum Gasteiger partial charge on any atom is -0.333 e. The lowest BCUT2D eigenvalue weighted by Gasteiger charge is -2.34. The Labute approximate surface area is 131 Å². The van der Waals surface area contributed by atoms with Crippen molar-refractivity contribution < 1.29 is 13.2 Å². The van der Waals surface area contributed by atoms with Crippen LogP contribution in [0.3, 0.4) is 0 Å². The zero-order valence-electron chi connectivity index (χ0n) is 12.0. The summed E-state index contributed by atoms with van der Waals surface area (Å²) >= 11 is 0. The van der Waals surface area contributed by atoms with Crippen LogP contribution in [-0.2, 0) is 10.0 Å². The van der Waals surface area contributed by atoms with Crippen molar-refractivity contribution >= 4 is 28.3 Å². The third-order valence-corrected chi connectivity index (χ3v) is 4.83. The number of nitrogens with zero attached hydrogens (tertiary/aromatic N) is 1. The summed E-state index contributed by atoms with van der Waals surface area (Å²) in [6, 6.07) is 6.23. The number of hydrogen-bond donors (Lipinski definition) is 2. The first-order valence-corrected chi connectivity index (χ1v) is 7.99. The first-order valence-electron chi connectivity index (χ1n) is 6.51. The van der Waals surface area contributed by atoms with Gasteiger partial charge in [-0.1, -0.05) is 6.07 Å². The van der Waals surface area contributed by atoms with Gasteiger partial charge in [0.15, 0.2) is 0 Å². The highest BCUT2D eigenvalue weighted by Gasteiger charge is 2.24. The molecule has 21 heavy (non-hydrogen) atoms. The SMILES string of the molecule is CNS(=O)(=O)c1cccc(C(=O)N2CCNC[C@@H]2C)c1.Cl. The lowest BCUT2D eigenvalue weighted by Crippen LogP contribution is -2.52. The van der Waals surface area contributed by atoms with Crippen LogP contribution in [0.5, 0.6) is 0 Å². The van der Waals surface area contributed by atoms with E-state index in [0.717, 1.165) is 13.1 Å². The van der Waals surface area contributed by atoms with Crippen LogP contribution in [0.2, 0.25) is 0 Å². The molecule has 2 N–H and O–H groups in total. The number of carbonyl (C=O) groups excluding carboxylic acids is 1. The lowest BCUT2D eigenvalue weighted by atomic mass is 10.1. The van der Waals surface area contributed by atoms with E-state index in [9.17, 15) is 13.2 Å². The number of amides is 1. The minimum atomic E-state index is -3.53. The quantitative estimate of drug-likeness (QED) is 0.842. The second-order valence-electron chi connectivity index (χ2n) is 4.79. The maximum Gasteiger partial charge on any atom is 0.254 e. The molecule has 1 aliphatic rings. The van der Waals surface area contributed by atoms with Crippen molar-refractivity contribution in [3.05, 3.63) is 29.8 Å². The highest BCUT2D eigenvalue weighted by atomic mass is 35.5. The molecule has 0 unspecified atom stereocenters. The van der Waals surface area contributed by atoms with Crippen LogP contribution in [-0.4, -0.2) is 51.9 Å². The summed E-state index contributed by atoms with van der Waals surface area (Å²) in [4.78, 5) is 14.3. The molecule has 1 fully saturated rings. The molecular weight excluding hydrogens is 314 g/mol. The summed E-state index contributed by atoms with van der Waals surface area (Å²) in [5.41, 5.74) is 0.398. The summed E-state index contributed by atoms with van der Waals surface area (Å²) in [7, 11) is -2.18. The van der Waals surface area contributed by atoms with Crippen LogP contribution in [0.1, 0.15) is 17.3 Å². The van der Waals surface area contributed by atoms with E-state index in [1.54, 1.807) is 17.0 Å². The van der Waals surface area contributed by atoms with Gasteiger partial charge in [-0.2, -0.15) is 0 Å². The van der Waals surface area contributed by atoms with Crippen LogP contribution >= 0.6 is 12.4 Å². The number of carbonyl (C=O) groups is 1. The molecule has 1 aromatic carbocycles. The van der Waals surface area contributed by atoms with E-state index in [0.29, 0.717) is 12.1 Å². The van der Waals surface area contributed by atoms with Gasteiger partial charge in [-0.15, -0.1) is 12.4 Å². The molecule has 0 radical (unpaired) electrons. The predicted octanol–water partition coefficient (Wildman–Crippen LogP) is 0.450. The molecule has 1 aliphatic heterocycles. The van der Waals surface area contributed by atoms with Gasteiger partial charge in [-0.3, -0.25) is 4.79 Å². The number of hydrogen-bond acceptors (Lipinski definition) is 4. The third-order valence-electron chi connectivity index (χ3n) is 3.42. The number of rotatable bonds is 3. The summed E-state index contributed by atoms with van der Waals surface area (Å²) in [5, 5.41) is 3.22. The standard InChI is InChI=1S/C13H19N3O3S.ClH/c1-10-9-15-6-7-16(10)13(17)11-4-3-5-12(8-11)20(18,19)14-2;/h3-5,8,10,14-15H,6-7,9H2,1-2H3;1H/t10-;/m0./s1. The Morgan fingerprint density at radius 2 is 2.14 bits per heavy atom. The van der Waals surface area contributed by atoms with Crippen LogP contribution in [0.25, 0.3) is 0 Å². The summed E-state index contributed by atoms with van der Waals surface area (Å²) in [5.74, 6) is -0.132. The largest absolute Gasteiger partial charge is 0.333 e. The van der Waals surface area contributed by atoms with Gasteiger partial charge in [0.2, 0.25) is 10.0 Å². The van der Waals surface area contributed by atoms with E-state index < -0.39 is 10.0 Å². The molecule has 8 heteroatoms. The van der Waals surface area contributed by atoms with Gasteiger partial charge in [0.05, 0.1) is 4.90 Å². The Kier molecular flexibility index (Phi) is 6.15. The first-order chi connectivity index (χ1) is 9.45. The molecular formula is C13H20ClN3O3S. The Hall–Kier alpha value is -1.15. The number of nitrogens with one attached hydrogen (secondary N) is 2. The fraction of sp³-hybridized carbons (Fsp3) is 0.462. The van der Waals surface area contributed by atoms with E-state index in [1.165, 1.54) is 19.2 Å². The molecule has 1 atom stereocenters. The van der Waals surface area contributed by atoms with Crippen molar-refractivity contribution in [1.82, 2.24) is 14.9 Å². The molecule has 0 bridgehead atoms. The summed E-state index contributed by atoms with van der Waals surface area (Å²) < 4.78 is 25.8. The molecule has 1 aromatic rings. The normalized spacial score (nSPS) is 19.0. The fourth-order valence-electron chi connectivity index (χ4n) is 2.22. The van der Waals surface area contributed by atoms with Gasteiger partial charge in [-0.05, 0) is 32.2 Å². The monoisotopic (exact) mass is 333 g/mol. The van der Waals surface area contributed by atoms with E-state index >= 15 is 0 Å². The zero-order chi connectivity index (χ0) is 14.8. The van der Waals surface area contributed by atoms with Crippen molar-refractivity contribution in [2.24, 2.45) is 0 Å². The second kappa shape index (κ2) is 7.22. The van der Waals surface area contributed by atoms with Crippen LogP contribution in [0.4, 0.5) is 0 Å². The summed E-state index contributed by atoms with van der Waals surface area (Å²) in [6.45, 7) is 4.10. The van der Waals surface area contributed by atoms with Crippen LogP contribution < -0.4 is 10.0 Å². The maximum absolute atomic E-state index is 12.5. The smallest absolute Gasteiger partial charge is 0.254 e. The summed E-state index contributed by atoms with van der Waals surface area (Å²) in [6.07, 6.45) is 0. The molecule has 6 nitrogen and oxygen atoms in total. The number of benzene rings is 1. The maximum atomic E-state index is 12.5. The molecule has 2 rings (SSSR count). The molecule has 118 valence electrons. The van der Waals surface area contributed by atoms with E-state index in [1.807, 2.05) is 6.92 Å². The zero-order valence-corrected chi connectivity index (χ0v) is 13.6.